The molecule has 2 aromatic carbocycles. The molecule has 0 heterocycles. The molecular formula is C28H36N2O2. The lowest BCUT2D eigenvalue weighted by molar-refractivity contribution is -0.118. The first-order chi connectivity index (χ1) is 15.2. The molecule has 4 aliphatic carbocycles. The van der Waals surface area contributed by atoms with Crippen LogP contribution in [-0.2, 0) is 11.3 Å². The first-order valence-corrected chi connectivity index (χ1v) is 12.1. The molecule has 4 heteroatoms. The molecule has 4 aliphatic rings. The molecule has 4 saturated carbocycles. The second-order valence-corrected chi connectivity index (χ2v) is 11.6. The highest BCUT2D eigenvalue weighted by atomic mass is 16.5. The van der Waals surface area contributed by atoms with Crippen molar-refractivity contribution in [2.45, 2.75) is 71.4 Å². The van der Waals surface area contributed by atoms with Crippen LogP contribution < -0.4 is 15.4 Å². The van der Waals surface area contributed by atoms with Crippen LogP contribution in [0.1, 0.15) is 63.5 Å². The summed E-state index contributed by atoms with van der Waals surface area (Å²) in [7, 11) is 0. The highest BCUT2D eigenvalue weighted by molar-refractivity contribution is 5.91. The zero-order valence-corrected chi connectivity index (χ0v) is 19.7. The lowest BCUT2D eigenvalue weighted by atomic mass is 9.43. The summed E-state index contributed by atoms with van der Waals surface area (Å²) in [6.07, 6.45) is 8.25. The summed E-state index contributed by atoms with van der Waals surface area (Å²) < 4.78 is 5.69. The van der Waals surface area contributed by atoms with Crippen molar-refractivity contribution >= 4 is 11.6 Å². The van der Waals surface area contributed by atoms with Gasteiger partial charge < -0.3 is 15.4 Å². The van der Waals surface area contributed by atoms with Crippen molar-refractivity contribution in [1.82, 2.24) is 5.32 Å². The van der Waals surface area contributed by atoms with Gasteiger partial charge in [-0.25, -0.2) is 0 Å². The number of anilines is 1. The maximum absolute atomic E-state index is 12.2. The number of rotatable bonds is 7. The molecule has 0 aromatic heterocycles. The predicted octanol–water partition coefficient (Wildman–Crippen LogP) is 5.85. The Bertz CT molecular complexity index is 963. The predicted molar refractivity (Wildman–Crippen MR) is 129 cm³/mol. The molecule has 170 valence electrons. The molecule has 0 aliphatic heterocycles. The van der Waals surface area contributed by atoms with Crippen molar-refractivity contribution in [2.24, 2.45) is 16.7 Å². The quantitative estimate of drug-likeness (QED) is 0.577. The SMILES string of the molecule is Cc1ccc(NC(=O)COc2ccc(CNC34CC5C[C@@](C)(C3)C[C@](C)(C5)C4)cc2)cc1. The number of nitrogens with one attached hydrogen (secondary N) is 2. The van der Waals surface area contributed by atoms with E-state index in [-0.39, 0.29) is 12.5 Å². The molecule has 4 nitrogen and oxygen atoms in total. The average Bonchev–Trinajstić information content (AvgIpc) is 2.71. The third-order valence-corrected chi connectivity index (χ3v) is 7.92. The summed E-state index contributed by atoms with van der Waals surface area (Å²) in [6, 6.07) is 15.9. The van der Waals surface area contributed by atoms with Crippen LogP contribution in [0.25, 0.3) is 0 Å². The van der Waals surface area contributed by atoms with E-state index in [0.29, 0.717) is 16.4 Å². The van der Waals surface area contributed by atoms with Gasteiger partial charge in [0.25, 0.3) is 5.91 Å². The van der Waals surface area contributed by atoms with E-state index in [4.69, 9.17) is 4.74 Å². The molecule has 0 spiro atoms. The minimum Gasteiger partial charge on any atom is -0.484 e. The van der Waals surface area contributed by atoms with Crippen LogP contribution in [0.3, 0.4) is 0 Å². The van der Waals surface area contributed by atoms with Gasteiger partial charge in [0, 0.05) is 17.8 Å². The van der Waals surface area contributed by atoms with Crippen LogP contribution in [0, 0.1) is 23.7 Å². The minimum atomic E-state index is -0.150. The van der Waals surface area contributed by atoms with Gasteiger partial charge in [-0.05, 0) is 92.0 Å². The van der Waals surface area contributed by atoms with Gasteiger partial charge in [0.1, 0.15) is 5.75 Å². The van der Waals surface area contributed by atoms with Crippen molar-refractivity contribution in [3.63, 3.8) is 0 Å². The number of hydrogen-bond acceptors (Lipinski definition) is 3. The Hall–Kier alpha value is -2.33. The fourth-order valence-corrected chi connectivity index (χ4v) is 7.62. The topological polar surface area (TPSA) is 50.4 Å². The second-order valence-electron chi connectivity index (χ2n) is 11.6. The van der Waals surface area contributed by atoms with Crippen LogP contribution in [-0.4, -0.2) is 18.1 Å². The normalized spacial score (nSPS) is 32.7. The summed E-state index contributed by atoms with van der Waals surface area (Å²) in [5, 5.41) is 6.86. The van der Waals surface area contributed by atoms with E-state index >= 15 is 0 Å². The number of aryl methyl sites for hydroxylation is 1. The first-order valence-electron chi connectivity index (χ1n) is 12.1. The molecule has 6 rings (SSSR count). The molecule has 2 N–H and O–H groups in total. The Morgan fingerprint density at radius 1 is 0.938 bits per heavy atom. The van der Waals surface area contributed by atoms with Gasteiger partial charge in [0.05, 0.1) is 0 Å². The van der Waals surface area contributed by atoms with Gasteiger partial charge in [-0.3, -0.25) is 4.79 Å². The maximum Gasteiger partial charge on any atom is 0.262 e. The molecule has 4 bridgehead atoms. The zero-order valence-electron chi connectivity index (χ0n) is 19.7. The molecule has 4 fully saturated rings. The van der Waals surface area contributed by atoms with Crippen molar-refractivity contribution in [1.29, 1.82) is 0 Å². The van der Waals surface area contributed by atoms with Crippen molar-refractivity contribution < 1.29 is 9.53 Å². The lowest BCUT2D eigenvalue weighted by Crippen LogP contribution is -2.63. The first kappa shape index (κ1) is 21.5. The molecule has 0 saturated heterocycles. The summed E-state index contributed by atoms with van der Waals surface area (Å²) in [5.41, 5.74) is 4.59. The smallest absolute Gasteiger partial charge is 0.262 e. The summed E-state index contributed by atoms with van der Waals surface area (Å²) >= 11 is 0. The maximum atomic E-state index is 12.2. The van der Waals surface area contributed by atoms with E-state index in [1.165, 1.54) is 49.7 Å². The second kappa shape index (κ2) is 7.91. The van der Waals surface area contributed by atoms with E-state index < -0.39 is 0 Å². The number of carbonyl (C=O) groups excluding carboxylic acids is 1. The van der Waals surface area contributed by atoms with Gasteiger partial charge in [0.15, 0.2) is 6.61 Å². The third kappa shape index (κ3) is 4.56. The van der Waals surface area contributed by atoms with Gasteiger partial charge in [-0.1, -0.05) is 43.7 Å². The Labute approximate surface area is 192 Å². The summed E-state index contributed by atoms with van der Waals surface area (Å²) in [4.78, 5) is 12.2. The highest BCUT2D eigenvalue weighted by Crippen LogP contribution is 2.66. The highest BCUT2D eigenvalue weighted by Gasteiger charge is 2.59. The van der Waals surface area contributed by atoms with E-state index in [0.717, 1.165) is 23.9 Å². The van der Waals surface area contributed by atoms with Crippen LogP contribution in [0.4, 0.5) is 5.69 Å². The Morgan fingerprint density at radius 2 is 1.59 bits per heavy atom. The summed E-state index contributed by atoms with van der Waals surface area (Å²) in [6.45, 7) is 7.97. The minimum absolute atomic E-state index is 0.00708. The number of ether oxygens (including phenoxy) is 1. The largest absolute Gasteiger partial charge is 0.484 e. The van der Waals surface area contributed by atoms with Crippen molar-refractivity contribution in [2.75, 3.05) is 11.9 Å². The van der Waals surface area contributed by atoms with E-state index in [2.05, 4.69) is 36.6 Å². The van der Waals surface area contributed by atoms with E-state index in [9.17, 15) is 4.79 Å². The number of amides is 1. The van der Waals surface area contributed by atoms with E-state index in [1.807, 2.05) is 43.3 Å². The fraction of sp³-hybridized carbons (Fsp3) is 0.536. The van der Waals surface area contributed by atoms with Crippen LogP contribution >= 0.6 is 0 Å². The Kier molecular flexibility index (Phi) is 5.32. The van der Waals surface area contributed by atoms with Crippen LogP contribution in [0.15, 0.2) is 48.5 Å². The monoisotopic (exact) mass is 432 g/mol. The van der Waals surface area contributed by atoms with Gasteiger partial charge in [-0.15, -0.1) is 0 Å². The lowest BCUT2D eigenvalue weighted by Gasteiger charge is -2.65. The van der Waals surface area contributed by atoms with Crippen molar-refractivity contribution in [3.05, 3.63) is 59.7 Å². The van der Waals surface area contributed by atoms with E-state index in [1.54, 1.807) is 0 Å². The molecule has 4 atom stereocenters. The van der Waals surface area contributed by atoms with Crippen LogP contribution in [0.5, 0.6) is 5.75 Å². The van der Waals surface area contributed by atoms with Crippen molar-refractivity contribution in [3.8, 4) is 5.75 Å². The molecule has 2 unspecified atom stereocenters. The summed E-state index contributed by atoms with van der Waals surface area (Å²) in [5.74, 6) is 1.47. The number of hydrogen-bond donors (Lipinski definition) is 2. The average molecular weight is 433 g/mol. The number of carbonyl (C=O) groups is 1. The van der Waals surface area contributed by atoms with Gasteiger partial charge >= 0.3 is 0 Å². The van der Waals surface area contributed by atoms with Crippen LogP contribution in [0.2, 0.25) is 0 Å². The molecular weight excluding hydrogens is 396 g/mol. The Balaban J connectivity index is 1.13. The fourth-order valence-electron chi connectivity index (χ4n) is 7.62. The molecule has 1 amide bonds. The van der Waals surface area contributed by atoms with Gasteiger partial charge in [0.2, 0.25) is 0 Å². The standard InChI is InChI=1S/C28H36N2O2/c1-20-4-8-23(9-5-20)30-25(31)16-32-24-10-6-21(7-11-24)15-29-28-14-22-12-26(2,18-28)17-27(3,13-22)19-28/h4-11,22,29H,12-19H2,1-3H3,(H,30,31)/t22?,26-,27+,28?. The third-order valence-electron chi connectivity index (χ3n) is 7.92. The Morgan fingerprint density at radius 3 is 2.22 bits per heavy atom. The zero-order chi connectivity index (χ0) is 22.4. The molecule has 2 aromatic rings. The number of benzene rings is 2. The van der Waals surface area contributed by atoms with Gasteiger partial charge in [-0.2, -0.15) is 0 Å². The molecule has 32 heavy (non-hydrogen) atoms. The molecule has 0 radical (unpaired) electrons.